The van der Waals surface area contributed by atoms with Crippen LogP contribution in [0.4, 0.5) is 5.82 Å². The Morgan fingerprint density at radius 1 is 1.35 bits per heavy atom. The second-order valence-corrected chi connectivity index (χ2v) is 4.71. The van der Waals surface area contributed by atoms with Crippen LogP contribution in [0.15, 0.2) is 22.7 Å². The molecule has 0 unspecified atom stereocenters. The second-order valence-electron chi connectivity index (χ2n) is 3.79. The Morgan fingerprint density at radius 3 is 2.94 bits per heavy atom. The fraction of sp³-hybridized carbons (Fsp3) is 0.0833. The van der Waals surface area contributed by atoms with E-state index in [0.29, 0.717) is 5.82 Å². The SMILES string of the molecule is C[CH]c1nc2c(N)nc3cc(Br)ccc3c2[nH]1. The normalized spacial score (nSPS) is 11.4. The minimum atomic E-state index is 0.454. The largest absolute Gasteiger partial charge is 0.382 e. The number of nitrogens with one attached hydrogen (secondary N) is 1. The van der Waals surface area contributed by atoms with E-state index in [1.54, 1.807) is 0 Å². The van der Waals surface area contributed by atoms with Crippen molar-refractivity contribution in [1.29, 1.82) is 0 Å². The van der Waals surface area contributed by atoms with Crippen LogP contribution in [-0.4, -0.2) is 15.0 Å². The molecule has 0 bridgehead atoms. The van der Waals surface area contributed by atoms with E-state index < -0.39 is 0 Å². The van der Waals surface area contributed by atoms with E-state index in [9.17, 15) is 0 Å². The monoisotopic (exact) mass is 289 g/mol. The summed E-state index contributed by atoms with van der Waals surface area (Å²) in [4.78, 5) is 12.0. The van der Waals surface area contributed by atoms with E-state index in [1.165, 1.54) is 0 Å². The van der Waals surface area contributed by atoms with Gasteiger partial charge in [0.15, 0.2) is 5.82 Å². The van der Waals surface area contributed by atoms with Gasteiger partial charge < -0.3 is 10.7 Å². The molecule has 3 rings (SSSR count). The molecule has 1 aromatic carbocycles. The van der Waals surface area contributed by atoms with Gasteiger partial charge in [-0.25, -0.2) is 9.97 Å². The van der Waals surface area contributed by atoms with Crippen molar-refractivity contribution >= 4 is 43.7 Å². The van der Waals surface area contributed by atoms with Crippen molar-refractivity contribution in [3.63, 3.8) is 0 Å². The Kier molecular flexibility index (Phi) is 2.29. The number of nitrogens with zero attached hydrogens (tertiary/aromatic N) is 2. The van der Waals surface area contributed by atoms with Crippen molar-refractivity contribution in [1.82, 2.24) is 15.0 Å². The van der Waals surface area contributed by atoms with Crippen molar-refractivity contribution in [2.75, 3.05) is 5.73 Å². The van der Waals surface area contributed by atoms with Gasteiger partial charge in [-0.3, -0.25) is 0 Å². The summed E-state index contributed by atoms with van der Waals surface area (Å²) in [6, 6.07) is 5.93. The maximum Gasteiger partial charge on any atom is 0.152 e. The van der Waals surface area contributed by atoms with Crippen molar-refractivity contribution in [3.05, 3.63) is 34.9 Å². The van der Waals surface area contributed by atoms with Gasteiger partial charge in [0.25, 0.3) is 0 Å². The van der Waals surface area contributed by atoms with Crippen LogP contribution in [0.3, 0.4) is 0 Å². The Bertz CT molecular complexity index is 717. The maximum atomic E-state index is 5.92. The van der Waals surface area contributed by atoms with Crippen LogP contribution in [0.25, 0.3) is 21.9 Å². The van der Waals surface area contributed by atoms with Gasteiger partial charge in [0.2, 0.25) is 0 Å². The summed E-state index contributed by atoms with van der Waals surface area (Å²) in [5.41, 5.74) is 8.44. The minimum Gasteiger partial charge on any atom is -0.382 e. The summed E-state index contributed by atoms with van der Waals surface area (Å²) in [5.74, 6) is 1.26. The third kappa shape index (κ3) is 1.58. The number of imidazole rings is 1. The summed E-state index contributed by atoms with van der Waals surface area (Å²) in [5, 5.41) is 1.03. The number of benzene rings is 1. The molecule has 0 spiro atoms. The molecule has 0 atom stereocenters. The lowest BCUT2D eigenvalue weighted by atomic mass is 10.2. The number of rotatable bonds is 1. The fourth-order valence-corrected chi connectivity index (χ4v) is 2.25. The summed E-state index contributed by atoms with van der Waals surface area (Å²) < 4.78 is 0.984. The number of anilines is 1. The second kappa shape index (κ2) is 3.70. The van der Waals surface area contributed by atoms with Crippen molar-refractivity contribution in [3.8, 4) is 0 Å². The lowest BCUT2D eigenvalue weighted by molar-refractivity contribution is 1.17. The smallest absolute Gasteiger partial charge is 0.152 e. The first kappa shape index (κ1) is 10.5. The van der Waals surface area contributed by atoms with Gasteiger partial charge in [0, 0.05) is 16.3 Å². The molecule has 0 aliphatic heterocycles. The number of pyridine rings is 1. The van der Waals surface area contributed by atoms with Crippen molar-refractivity contribution < 1.29 is 0 Å². The molecular weight excluding hydrogens is 280 g/mol. The van der Waals surface area contributed by atoms with Gasteiger partial charge in [-0.1, -0.05) is 22.9 Å². The molecule has 2 heterocycles. The third-order valence-corrected chi connectivity index (χ3v) is 3.20. The highest BCUT2D eigenvalue weighted by atomic mass is 79.9. The molecule has 85 valence electrons. The van der Waals surface area contributed by atoms with E-state index in [4.69, 9.17) is 5.73 Å². The standard InChI is InChI=1S/C12H10BrN4/c1-2-9-16-10-7-4-3-6(13)5-8(7)15-12(14)11(10)17-9/h2-5H,1H3,(H2,14,15)(H,16,17). The molecule has 1 radical (unpaired) electrons. The topological polar surface area (TPSA) is 67.6 Å². The quantitative estimate of drug-likeness (QED) is 0.724. The van der Waals surface area contributed by atoms with E-state index >= 15 is 0 Å². The molecule has 0 saturated carbocycles. The first-order chi connectivity index (χ1) is 8.19. The Morgan fingerprint density at radius 2 is 2.18 bits per heavy atom. The zero-order valence-electron chi connectivity index (χ0n) is 9.16. The average molecular weight is 290 g/mol. The lowest BCUT2D eigenvalue weighted by Gasteiger charge is -2.01. The van der Waals surface area contributed by atoms with Crippen LogP contribution < -0.4 is 5.73 Å². The van der Waals surface area contributed by atoms with E-state index in [-0.39, 0.29) is 0 Å². The summed E-state index contributed by atoms with van der Waals surface area (Å²) in [6.45, 7) is 1.93. The molecule has 3 N–H and O–H groups in total. The Balaban J connectivity index is 2.49. The van der Waals surface area contributed by atoms with Crippen LogP contribution in [0, 0.1) is 6.42 Å². The summed E-state index contributed by atoms with van der Waals surface area (Å²) in [7, 11) is 0. The number of fused-ring (bicyclic) bond motifs is 3. The van der Waals surface area contributed by atoms with Crippen LogP contribution in [0.2, 0.25) is 0 Å². The molecule has 0 amide bonds. The number of halogens is 1. The number of H-pyrrole nitrogens is 1. The zero-order valence-corrected chi connectivity index (χ0v) is 10.7. The Hall–Kier alpha value is -1.62. The Labute approximate surface area is 106 Å². The van der Waals surface area contributed by atoms with Gasteiger partial charge in [-0.05, 0) is 18.2 Å². The number of aromatic nitrogens is 3. The first-order valence-electron chi connectivity index (χ1n) is 5.23. The zero-order chi connectivity index (χ0) is 12.0. The van der Waals surface area contributed by atoms with Gasteiger partial charge in [0.1, 0.15) is 11.3 Å². The molecule has 0 fully saturated rings. The van der Waals surface area contributed by atoms with Gasteiger partial charge in [0.05, 0.1) is 11.0 Å². The van der Waals surface area contributed by atoms with Crippen LogP contribution in [-0.2, 0) is 0 Å². The average Bonchev–Trinajstić information content (AvgIpc) is 2.73. The summed E-state index contributed by atoms with van der Waals surface area (Å²) in [6.07, 6.45) is 1.91. The van der Waals surface area contributed by atoms with Crippen molar-refractivity contribution in [2.45, 2.75) is 6.92 Å². The van der Waals surface area contributed by atoms with Gasteiger partial charge in [-0.2, -0.15) is 0 Å². The van der Waals surface area contributed by atoms with Crippen LogP contribution >= 0.6 is 15.9 Å². The number of nitrogens with two attached hydrogens (primary N) is 1. The summed E-state index contributed by atoms with van der Waals surface area (Å²) >= 11 is 3.43. The van der Waals surface area contributed by atoms with Crippen LogP contribution in [0.1, 0.15) is 12.7 Å². The van der Waals surface area contributed by atoms with E-state index in [0.717, 1.165) is 32.2 Å². The van der Waals surface area contributed by atoms with E-state index in [1.807, 2.05) is 31.5 Å². The number of nitrogen functional groups attached to an aromatic ring is 1. The van der Waals surface area contributed by atoms with Gasteiger partial charge in [-0.15, -0.1) is 0 Å². The molecular formula is C12H10BrN4. The molecule has 4 nitrogen and oxygen atoms in total. The fourth-order valence-electron chi connectivity index (χ4n) is 1.90. The highest BCUT2D eigenvalue weighted by molar-refractivity contribution is 9.10. The molecule has 0 saturated heterocycles. The first-order valence-corrected chi connectivity index (χ1v) is 6.02. The van der Waals surface area contributed by atoms with Crippen molar-refractivity contribution in [2.24, 2.45) is 0 Å². The maximum absolute atomic E-state index is 5.92. The molecule has 3 aromatic rings. The molecule has 0 aliphatic rings. The van der Waals surface area contributed by atoms with Gasteiger partial charge >= 0.3 is 0 Å². The molecule has 17 heavy (non-hydrogen) atoms. The molecule has 5 heteroatoms. The highest BCUT2D eigenvalue weighted by Crippen LogP contribution is 2.28. The third-order valence-electron chi connectivity index (χ3n) is 2.71. The molecule has 0 aliphatic carbocycles. The predicted molar refractivity (Wildman–Crippen MR) is 72.6 cm³/mol. The predicted octanol–water partition coefficient (Wildman–Crippen LogP) is 3.03. The number of hydrogen-bond acceptors (Lipinski definition) is 3. The lowest BCUT2D eigenvalue weighted by Crippen LogP contribution is -1.93. The minimum absolute atomic E-state index is 0.454. The highest BCUT2D eigenvalue weighted by Gasteiger charge is 2.10. The molecule has 2 aromatic heterocycles. The number of hydrogen-bond donors (Lipinski definition) is 2. The number of aromatic amines is 1. The van der Waals surface area contributed by atoms with E-state index in [2.05, 4.69) is 30.9 Å². The van der Waals surface area contributed by atoms with Crippen LogP contribution in [0.5, 0.6) is 0 Å².